The van der Waals surface area contributed by atoms with Crippen LogP contribution in [0, 0.1) is 27.1 Å². The van der Waals surface area contributed by atoms with Crippen molar-refractivity contribution in [3.05, 3.63) is 0 Å². The Labute approximate surface area is 134 Å². The van der Waals surface area contributed by atoms with E-state index in [1.54, 1.807) is 0 Å². The summed E-state index contributed by atoms with van der Waals surface area (Å²) in [5, 5.41) is 0. The minimum absolute atomic E-state index is 0.196. The highest BCUT2D eigenvalue weighted by molar-refractivity contribution is 5.88. The molecule has 0 spiro atoms. The summed E-state index contributed by atoms with van der Waals surface area (Å²) in [6.07, 6.45) is 2.86. The molecule has 1 aliphatic carbocycles. The van der Waals surface area contributed by atoms with E-state index < -0.39 is 0 Å². The molecule has 1 rings (SSSR count). The Morgan fingerprint density at radius 3 is 0.857 bits per heavy atom. The topological polar surface area (TPSA) is 17.1 Å². The van der Waals surface area contributed by atoms with Gasteiger partial charge in [-0.2, -0.15) is 0 Å². The Morgan fingerprint density at radius 1 is 0.619 bits per heavy atom. The molecule has 0 bridgehead atoms. The van der Waals surface area contributed by atoms with Crippen molar-refractivity contribution < 1.29 is 4.79 Å². The van der Waals surface area contributed by atoms with E-state index in [1.807, 2.05) is 41.5 Å². The van der Waals surface area contributed by atoms with Gasteiger partial charge in [0.15, 0.2) is 0 Å². The van der Waals surface area contributed by atoms with E-state index in [4.69, 9.17) is 0 Å². The first-order valence-electron chi connectivity index (χ1n) is 8.41. The normalized spacial score (nSPS) is 18.7. The first-order chi connectivity index (χ1) is 8.86. The molecule has 0 aromatic carbocycles. The summed E-state index contributed by atoms with van der Waals surface area (Å²) in [4.78, 5) is 11.5. The van der Waals surface area contributed by atoms with Crippen LogP contribution in [0.1, 0.15) is 95.9 Å². The van der Waals surface area contributed by atoms with E-state index in [-0.39, 0.29) is 10.8 Å². The van der Waals surface area contributed by atoms with Crippen LogP contribution in [-0.2, 0) is 4.79 Å². The van der Waals surface area contributed by atoms with Gasteiger partial charge in [0.05, 0.1) is 0 Å². The maximum atomic E-state index is 11.5. The molecule has 0 N–H and O–H groups in total. The van der Waals surface area contributed by atoms with Gasteiger partial charge in [-0.3, -0.25) is 4.79 Å². The van der Waals surface area contributed by atoms with Crippen LogP contribution in [0.25, 0.3) is 0 Å². The van der Waals surface area contributed by atoms with Gasteiger partial charge in [0, 0.05) is 10.8 Å². The van der Waals surface area contributed by atoms with Gasteiger partial charge in [-0.1, -0.05) is 83.1 Å². The Balaban J connectivity index is 0.000000384. The zero-order valence-corrected chi connectivity index (χ0v) is 16.8. The lowest BCUT2D eigenvalue weighted by Gasteiger charge is -2.41. The highest BCUT2D eigenvalue weighted by Gasteiger charge is 2.58. The number of hydrogen-bond donors (Lipinski definition) is 0. The SMILES string of the molecule is CC(C)(C)C(=O)C(C)(C)C.CC(C)(C)C1(C(C)(C)C)CC1. The number of carbonyl (C=O) groups is 1. The Kier molecular flexibility index (Phi) is 5.61. The van der Waals surface area contributed by atoms with Crippen molar-refractivity contribution >= 4 is 5.78 Å². The molecule has 1 heteroatoms. The van der Waals surface area contributed by atoms with E-state index in [0.29, 0.717) is 22.0 Å². The molecule has 0 heterocycles. The predicted octanol–water partition coefficient (Wildman–Crippen LogP) is 6.51. The van der Waals surface area contributed by atoms with Crippen molar-refractivity contribution in [1.82, 2.24) is 0 Å². The van der Waals surface area contributed by atoms with Crippen LogP contribution >= 0.6 is 0 Å². The van der Waals surface area contributed by atoms with E-state index in [2.05, 4.69) is 41.5 Å². The van der Waals surface area contributed by atoms with Crippen LogP contribution in [0.2, 0.25) is 0 Å². The molecule has 0 atom stereocenters. The quantitative estimate of drug-likeness (QED) is 0.498. The van der Waals surface area contributed by atoms with E-state index in [1.165, 1.54) is 12.8 Å². The second-order valence-corrected chi connectivity index (χ2v) is 10.9. The molecule has 0 aromatic rings. The zero-order chi connectivity index (χ0) is 17.5. The maximum Gasteiger partial charge on any atom is 0.143 e. The predicted molar refractivity (Wildman–Crippen MR) is 94.5 cm³/mol. The number of Topliss-reactive ketones (excluding diaryl/α,β-unsaturated/α-hetero) is 1. The Morgan fingerprint density at radius 2 is 0.857 bits per heavy atom. The summed E-state index contributed by atoms with van der Waals surface area (Å²) >= 11 is 0. The molecule has 1 saturated carbocycles. The molecule has 1 aliphatic rings. The molecule has 21 heavy (non-hydrogen) atoms. The van der Waals surface area contributed by atoms with Gasteiger partial charge < -0.3 is 0 Å². The summed E-state index contributed by atoms with van der Waals surface area (Å²) < 4.78 is 0. The first-order valence-corrected chi connectivity index (χ1v) is 8.41. The average Bonchev–Trinajstić information content (AvgIpc) is 2.91. The van der Waals surface area contributed by atoms with Gasteiger partial charge in [-0.15, -0.1) is 0 Å². The third-order valence-corrected chi connectivity index (χ3v) is 4.98. The fourth-order valence-corrected chi connectivity index (χ4v) is 3.88. The number of carbonyl (C=O) groups excluding carboxylic acids is 1. The maximum absolute atomic E-state index is 11.5. The lowest BCUT2D eigenvalue weighted by Crippen LogP contribution is -2.34. The van der Waals surface area contributed by atoms with Crippen molar-refractivity contribution in [2.24, 2.45) is 27.1 Å². The van der Waals surface area contributed by atoms with Crippen molar-refractivity contribution in [2.45, 2.75) is 95.9 Å². The van der Waals surface area contributed by atoms with E-state index >= 15 is 0 Å². The summed E-state index contributed by atoms with van der Waals surface area (Å²) in [5.74, 6) is 0.319. The van der Waals surface area contributed by atoms with Crippen molar-refractivity contribution in [2.75, 3.05) is 0 Å². The van der Waals surface area contributed by atoms with Crippen LogP contribution in [0.15, 0.2) is 0 Å². The van der Waals surface area contributed by atoms with Crippen molar-refractivity contribution in [3.63, 3.8) is 0 Å². The molecule has 0 saturated heterocycles. The summed E-state index contributed by atoms with van der Waals surface area (Å²) in [6, 6.07) is 0. The van der Waals surface area contributed by atoms with Crippen molar-refractivity contribution in [1.29, 1.82) is 0 Å². The Bertz CT molecular complexity index is 325. The van der Waals surface area contributed by atoms with Gasteiger partial charge >= 0.3 is 0 Å². The molecule has 1 nitrogen and oxygen atoms in total. The lowest BCUT2D eigenvalue weighted by atomic mass is 9.63. The third kappa shape index (κ3) is 5.11. The molecule has 1 fully saturated rings. The lowest BCUT2D eigenvalue weighted by molar-refractivity contribution is -0.134. The van der Waals surface area contributed by atoms with Gasteiger partial charge in [0.2, 0.25) is 0 Å². The standard InChI is InChI=1S/C11H22.C9H18O/c1-9(2,3)11(7-8-11)10(4,5)6;1-8(2,3)7(10)9(4,5)6/h7-8H2,1-6H3;1-6H3. The fourth-order valence-electron chi connectivity index (χ4n) is 3.88. The highest BCUT2D eigenvalue weighted by Crippen LogP contribution is 2.67. The van der Waals surface area contributed by atoms with E-state index in [9.17, 15) is 4.79 Å². The molecule has 0 aliphatic heterocycles. The van der Waals surface area contributed by atoms with Crippen LogP contribution < -0.4 is 0 Å². The smallest absolute Gasteiger partial charge is 0.143 e. The van der Waals surface area contributed by atoms with E-state index in [0.717, 1.165) is 0 Å². The van der Waals surface area contributed by atoms with Crippen LogP contribution in [0.4, 0.5) is 0 Å². The molecular weight excluding hydrogens is 256 g/mol. The van der Waals surface area contributed by atoms with Gasteiger partial charge in [0.1, 0.15) is 5.78 Å². The van der Waals surface area contributed by atoms with Crippen LogP contribution in [0.5, 0.6) is 0 Å². The second-order valence-electron chi connectivity index (χ2n) is 10.9. The minimum atomic E-state index is -0.196. The van der Waals surface area contributed by atoms with Gasteiger partial charge in [-0.25, -0.2) is 0 Å². The van der Waals surface area contributed by atoms with Crippen LogP contribution in [0.3, 0.4) is 0 Å². The third-order valence-electron chi connectivity index (χ3n) is 4.98. The molecular formula is C20H40O. The first kappa shape index (κ1) is 20.7. The minimum Gasteiger partial charge on any atom is -0.299 e. The number of hydrogen-bond acceptors (Lipinski definition) is 1. The molecule has 0 radical (unpaired) electrons. The average molecular weight is 297 g/mol. The monoisotopic (exact) mass is 296 g/mol. The molecule has 0 aromatic heterocycles. The second kappa shape index (κ2) is 5.70. The van der Waals surface area contributed by atoms with Crippen molar-refractivity contribution in [3.8, 4) is 0 Å². The molecule has 126 valence electrons. The Hall–Kier alpha value is -0.330. The zero-order valence-electron chi connectivity index (χ0n) is 16.8. The molecule has 0 unspecified atom stereocenters. The largest absolute Gasteiger partial charge is 0.299 e. The summed E-state index contributed by atoms with van der Waals surface area (Å²) in [5.41, 5.74) is 1.22. The summed E-state index contributed by atoms with van der Waals surface area (Å²) in [7, 11) is 0. The highest BCUT2D eigenvalue weighted by atomic mass is 16.1. The summed E-state index contributed by atoms with van der Waals surface area (Å²) in [6.45, 7) is 26.0. The number of ketones is 1. The van der Waals surface area contributed by atoms with Gasteiger partial charge in [-0.05, 0) is 29.1 Å². The fraction of sp³-hybridized carbons (Fsp3) is 0.950. The number of rotatable bonds is 0. The molecule has 0 amide bonds. The van der Waals surface area contributed by atoms with Gasteiger partial charge in [0.25, 0.3) is 0 Å². The van der Waals surface area contributed by atoms with Crippen LogP contribution in [-0.4, -0.2) is 5.78 Å².